The number of rotatable bonds is 39. The Morgan fingerprint density at radius 1 is 0.362 bits per heavy atom. The third kappa shape index (κ3) is 25.1. The number of esters is 6. The van der Waals surface area contributed by atoms with E-state index in [0.717, 1.165) is 64.2 Å². The molecule has 3 aromatic rings. The van der Waals surface area contributed by atoms with E-state index in [9.17, 15) is 33.6 Å². The zero-order valence-corrected chi connectivity index (χ0v) is 47.1. The molecule has 2 saturated carbocycles. The van der Waals surface area contributed by atoms with E-state index in [-0.39, 0.29) is 52.8 Å². The summed E-state index contributed by atoms with van der Waals surface area (Å²) in [5, 5.41) is 0. The first kappa shape index (κ1) is 64.1. The van der Waals surface area contributed by atoms with Gasteiger partial charge in [-0.05, 0) is 144 Å². The van der Waals surface area contributed by atoms with Crippen molar-refractivity contribution in [1.82, 2.24) is 0 Å². The van der Waals surface area contributed by atoms with Gasteiger partial charge < -0.3 is 37.9 Å². The maximum atomic E-state index is 13.2. The third-order valence-electron chi connectivity index (χ3n) is 14.8. The molecule has 0 aliphatic heterocycles. The summed E-state index contributed by atoms with van der Waals surface area (Å²) in [7, 11) is 0. The van der Waals surface area contributed by atoms with E-state index in [2.05, 4.69) is 13.2 Å². The summed E-state index contributed by atoms with van der Waals surface area (Å²) in [4.78, 5) is 86.8. The van der Waals surface area contributed by atoms with Gasteiger partial charge in [-0.2, -0.15) is 0 Å². The van der Waals surface area contributed by atoms with Crippen LogP contribution in [0.25, 0.3) is 0 Å². The van der Waals surface area contributed by atoms with Crippen LogP contribution in [0.3, 0.4) is 0 Å². The highest BCUT2D eigenvalue weighted by molar-refractivity contribution is 5.85. The molecule has 15 nitrogen and oxygen atoms in total. The lowest BCUT2D eigenvalue weighted by Crippen LogP contribution is -2.30. The summed E-state index contributed by atoms with van der Waals surface area (Å²) >= 11 is 0. The summed E-state index contributed by atoms with van der Waals surface area (Å²) in [5.41, 5.74) is 0.0572. The zero-order chi connectivity index (χ0) is 57.0. The Morgan fingerprint density at radius 2 is 0.637 bits per heavy atom. The topological polar surface area (TPSA) is 193 Å². The molecule has 2 aliphatic rings. The number of benzene rings is 3. The molecule has 0 amide bonds. The minimum atomic E-state index is -0.501. The molecule has 80 heavy (non-hydrogen) atoms. The number of hydrogen-bond donors (Lipinski definition) is 0. The van der Waals surface area contributed by atoms with Gasteiger partial charge in [0.2, 0.25) is 0 Å². The quantitative estimate of drug-likeness (QED) is 0.0172. The average molecular weight is 1110 g/mol. The van der Waals surface area contributed by atoms with Crippen LogP contribution in [0.15, 0.2) is 92.0 Å². The van der Waals surface area contributed by atoms with Crippen molar-refractivity contribution >= 4 is 42.1 Å². The van der Waals surface area contributed by atoms with Crippen LogP contribution in [0.2, 0.25) is 0 Å². The number of aldehydes is 1. The number of unbranched alkanes of at least 4 members (excludes halogenated alkanes) is 18. The molecule has 0 unspecified atom stereocenters. The van der Waals surface area contributed by atoms with E-state index in [4.69, 9.17) is 37.9 Å². The highest BCUT2D eigenvalue weighted by Gasteiger charge is 2.34. The number of carbonyl (C=O) groups is 7. The molecule has 0 bridgehead atoms. The lowest BCUT2D eigenvalue weighted by molar-refractivity contribution is -0.145. The van der Waals surface area contributed by atoms with Crippen LogP contribution in [0.5, 0.6) is 34.5 Å². The molecule has 436 valence electrons. The van der Waals surface area contributed by atoms with Crippen LogP contribution in [0.1, 0.15) is 190 Å². The van der Waals surface area contributed by atoms with Crippen LogP contribution < -0.4 is 28.4 Å². The molecule has 0 N–H and O–H groups in total. The van der Waals surface area contributed by atoms with E-state index >= 15 is 0 Å². The van der Waals surface area contributed by atoms with Gasteiger partial charge in [0.1, 0.15) is 34.5 Å². The van der Waals surface area contributed by atoms with Gasteiger partial charge in [0.25, 0.3) is 0 Å². The Labute approximate surface area is 473 Å². The lowest BCUT2D eigenvalue weighted by Gasteiger charge is -2.26. The molecule has 2 aliphatic carbocycles. The molecule has 5 rings (SSSR count). The van der Waals surface area contributed by atoms with Crippen molar-refractivity contribution in [2.45, 2.75) is 180 Å². The van der Waals surface area contributed by atoms with Crippen molar-refractivity contribution in [3.8, 4) is 34.5 Å². The molecular formula is C65H86O15. The van der Waals surface area contributed by atoms with Crippen molar-refractivity contribution in [3.63, 3.8) is 0 Å². The summed E-state index contributed by atoms with van der Waals surface area (Å²) in [5.74, 6) is -1.51. The first-order chi connectivity index (χ1) is 39.0. The van der Waals surface area contributed by atoms with E-state index in [1.54, 1.807) is 48.5 Å². The van der Waals surface area contributed by atoms with E-state index < -0.39 is 23.8 Å². The fourth-order valence-corrected chi connectivity index (χ4v) is 9.98. The van der Waals surface area contributed by atoms with Gasteiger partial charge in [0.15, 0.2) is 6.29 Å². The fourth-order valence-electron chi connectivity index (χ4n) is 9.98. The van der Waals surface area contributed by atoms with Crippen LogP contribution in [-0.4, -0.2) is 68.5 Å². The Kier molecular flexibility index (Phi) is 30.4. The Hall–Kier alpha value is -6.77. The second kappa shape index (κ2) is 38.0. The van der Waals surface area contributed by atoms with Crippen molar-refractivity contribution in [2.24, 2.45) is 23.7 Å². The molecular weight excluding hydrogens is 1020 g/mol. The normalized spacial score (nSPS) is 16.8. The first-order valence-corrected chi connectivity index (χ1v) is 29.5. The SMILES string of the molecule is C=CC(=O)OCCCCCCCCCCCCOc1ccc(OC(=O)C2CCC(C(=O)Oc3ccc(OC(=O)C4CCC(C(=O)Oc5ccc(OCCCCCCCCCCCCOC(=O)C=C)cc5)CC4)c(C=O)c3)CC2)cc1. The standard InChI is InChI=1S/C65H86O15/c1-3-60(67)75-45-23-19-15-11-7-5-9-13-17-21-43-73-54-33-37-56(38-34-54)77-62(69)49-25-27-51(28-26-49)64(71)79-58-41-42-59(53(47-58)48-66)80-65(72)52-31-29-50(30-32-52)63(70)78-57-39-35-55(36-40-57)74-44-22-18-14-10-6-8-12-16-20-24-46-76-61(68)4-2/h3-4,33-42,47-52H,1-2,5-32,43-46H2. The number of carbonyl (C=O) groups excluding carboxylic acids is 7. The summed E-state index contributed by atoms with van der Waals surface area (Å²) < 4.78 is 44.5. The van der Waals surface area contributed by atoms with Gasteiger partial charge >= 0.3 is 35.8 Å². The van der Waals surface area contributed by atoms with Gasteiger partial charge in [-0.15, -0.1) is 0 Å². The smallest absolute Gasteiger partial charge is 0.330 e. The molecule has 3 aromatic carbocycles. The highest BCUT2D eigenvalue weighted by atomic mass is 16.6. The minimum absolute atomic E-state index is 0.0538. The fraction of sp³-hybridized carbons (Fsp3) is 0.554. The maximum Gasteiger partial charge on any atom is 0.330 e. The Morgan fingerprint density at radius 3 is 0.963 bits per heavy atom. The largest absolute Gasteiger partial charge is 0.494 e. The van der Waals surface area contributed by atoms with E-state index in [1.165, 1.54) is 94.6 Å². The maximum absolute atomic E-state index is 13.2. The average Bonchev–Trinajstić information content (AvgIpc) is 3.48. The molecule has 0 aromatic heterocycles. The summed E-state index contributed by atoms with van der Waals surface area (Å²) in [6.07, 6.45) is 28.9. The molecule has 15 heteroatoms. The number of ether oxygens (including phenoxy) is 8. The second-order valence-electron chi connectivity index (χ2n) is 21.1. The summed E-state index contributed by atoms with van der Waals surface area (Å²) in [6.45, 7) is 8.96. The van der Waals surface area contributed by atoms with Crippen LogP contribution in [0, 0.1) is 23.7 Å². The van der Waals surface area contributed by atoms with Gasteiger partial charge in [-0.25, -0.2) is 9.59 Å². The van der Waals surface area contributed by atoms with Crippen LogP contribution in [-0.2, 0) is 38.2 Å². The lowest BCUT2D eigenvalue weighted by atomic mass is 9.82. The predicted octanol–water partition coefficient (Wildman–Crippen LogP) is 14.2. The van der Waals surface area contributed by atoms with Gasteiger partial charge in [0, 0.05) is 12.2 Å². The monoisotopic (exact) mass is 1110 g/mol. The molecule has 0 heterocycles. The second-order valence-corrected chi connectivity index (χ2v) is 21.1. The van der Waals surface area contributed by atoms with Crippen molar-refractivity contribution in [3.05, 3.63) is 97.6 Å². The molecule has 0 saturated heterocycles. The summed E-state index contributed by atoms with van der Waals surface area (Å²) in [6, 6.07) is 18.4. The molecule has 0 atom stereocenters. The van der Waals surface area contributed by atoms with Crippen molar-refractivity contribution in [2.75, 3.05) is 26.4 Å². The molecule has 0 spiro atoms. The highest BCUT2D eigenvalue weighted by Crippen LogP contribution is 2.35. The number of hydrogen-bond acceptors (Lipinski definition) is 15. The molecule has 2 fully saturated rings. The Balaban J connectivity index is 0.882. The first-order valence-electron chi connectivity index (χ1n) is 29.5. The van der Waals surface area contributed by atoms with E-state index in [0.29, 0.717) is 107 Å². The zero-order valence-electron chi connectivity index (χ0n) is 47.1. The van der Waals surface area contributed by atoms with Crippen LogP contribution >= 0.6 is 0 Å². The van der Waals surface area contributed by atoms with Gasteiger partial charge in [-0.3, -0.25) is 24.0 Å². The van der Waals surface area contributed by atoms with Crippen LogP contribution in [0.4, 0.5) is 0 Å². The third-order valence-corrected chi connectivity index (χ3v) is 14.8. The van der Waals surface area contributed by atoms with Gasteiger partial charge in [-0.1, -0.05) is 116 Å². The predicted molar refractivity (Wildman–Crippen MR) is 304 cm³/mol. The Bertz CT molecular complexity index is 2360. The van der Waals surface area contributed by atoms with Gasteiger partial charge in [0.05, 0.1) is 55.7 Å². The van der Waals surface area contributed by atoms with Crippen molar-refractivity contribution < 1.29 is 71.5 Å². The minimum Gasteiger partial charge on any atom is -0.494 e. The molecule has 0 radical (unpaired) electrons. The van der Waals surface area contributed by atoms with Crippen molar-refractivity contribution in [1.29, 1.82) is 0 Å². The van der Waals surface area contributed by atoms with E-state index in [1.807, 2.05) is 0 Å².